The molecule has 3 N–H and O–H groups in total. The highest BCUT2D eigenvalue weighted by Crippen LogP contribution is 2.27. The molecule has 0 spiro atoms. The summed E-state index contributed by atoms with van der Waals surface area (Å²) in [7, 11) is 1.79. The Kier molecular flexibility index (Phi) is 3.35. The van der Waals surface area contributed by atoms with Crippen LogP contribution in [0.3, 0.4) is 0 Å². The summed E-state index contributed by atoms with van der Waals surface area (Å²) in [6.45, 7) is 0.411. The molecule has 0 aromatic carbocycles. The third-order valence-corrected chi connectivity index (χ3v) is 2.61. The molecule has 2 aromatic rings. The van der Waals surface area contributed by atoms with Gasteiger partial charge in [0, 0.05) is 7.05 Å². The van der Waals surface area contributed by atoms with E-state index in [0.717, 1.165) is 0 Å². The van der Waals surface area contributed by atoms with E-state index in [1.54, 1.807) is 24.1 Å². The Morgan fingerprint density at radius 2 is 2.18 bits per heavy atom. The first-order valence-electron chi connectivity index (χ1n) is 4.76. The summed E-state index contributed by atoms with van der Waals surface area (Å²) in [6, 6.07) is 1.54. The number of aryl methyl sites for hydroxylation is 1. The van der Waals surface area contributed by atoms with Crippen LogP contribution in [0.4, 0.5) is 11.6 Å². The van der Waals surface area contributed by atoms with E-state index in [-0.39, 0.29) is 5.82 Å². The van der Waals surface area contributed by atoms with Crippen molar-refractivity contribution in [3.05, 3.63) is 28.3 Å². The molecule has 0 saturated carbocycles. The van der Waals surface area contributed by atoms with Gasteiger partial charge in [-0.1, -0.05) is 23.2 Å². The summed E-state index contributed by atoms with van der Waals surface area (Å²) in [5, 5.41) is 7.83. The second kappa shape index (κ2) is 4.77. The van der Waals surface area contributed by atoms with Gasteiger partial charge in [0.1, 0.15) is 18.0 Å². The van der Waals surface area contributed by atoms with Crippen molar-refractivity contribution < 1.29 is 0 Å². The van der Waals surface area contributed by atoms with Crippen molar-refractivity contribution >= 4 is 34.8 Å². The van der Waals surface area contributed by atoms with Crippen LogP contribution >= 0.6 is 23.2 Å². The predicted octanol–water partition coefficient (Wildman–Crippen LogP) is 1.71. The molecule has 0 aliphatic carbocycles. The van der Waals surface area contributed by atoms with Gasteiger partial charge in [-0.3, -0.25) is 4.68 Å². The van der Waals surface area contributed by atoms with Crippen molar-refractivity contribution in [1.29, 1.82) is 0 Å². The van der Waals surface area contributed by atoms with E-state index < -0.39 is 0 Å². The van der Waals surface area contributed by atoms with Crippen LogP contribution in [0, 0.1) is 0 Å². The molecule has 0 aliphatic heterocycles. The molecule has 2 heterocycles. The van der Waals surface area contributed by atoms with Crippen LogP contribution in [0.5, 0.6) is 0 Å². The Hall–Kier alpha value is -1.53. The number of nitrogens with one attached hydrogen (secondary N) is 1. The second-order valence-corrected chi connectivity index (χ2v) is 4.19. The number of rotatable bonds is 3. The number of hydrogen-bond donors (Lipinski definition) is 2. The van der Waals surface area contributed by atoms with Crippen molar-refractivity contribution in [1.82, 2.24) is 19.7 Å². The van der Waals surface area contributed by atoms with Gasteiger partial charge >= 0.3 is 0 Å². The van der Waals surface area contributed by atoms with E-state index in [9.17, 15) is 0 Å². The van der Waals surface area contributed by atoms with Crippen molar-refractivity contribution in [2.24, 2.45) is 7.05 Å². The molecule has 0 aliphatic rings. The van der Waals surface area contributed by atoms with Gasteiger partial charge in [0.05, 0.1) is 16.6 Å². The number of nitrogen functional groups attached to an aromatic ring is 1. The van der Waals surface area contributed by atoms with Gasteiger partial charge < -0.3 is 11.1 Å². The zero-order chi connectivity index (χ0) is 12.4. The fourth-order valence-corrected chi connectivity index (χ4v) is 1.66. The Morgan fingerprint density at radius 1 is 1.41 bits per heavy atom. The highest BCUT2D eigenvalue weighted by molar-refractivity contribution is 6.37. The fraction of sp³-hybridized carbons (Fsp3) is 0.222. The average molecular weight is 273 g/mol. The first kappa shape index (κ1) is 11.9. The van der Waals surface area contributed by atoms with Gasteiger partial charge in [-0.15, -0.1) is 0 Å². The lowest BCUT2D eigenvalue weighted by molar-refractivity contribution is 0.747. The van der Waals surface area contributed by atoms with E-state index in [1.165, 1.54) is 0 Å². The number of anilines is 2. The smallest absolute Gasteiger partial charge is 0.169 e. The SMILES string of the molecule is Cn1cnc(CNc2nc(N)c(Cl)cc2Cl)n1. The maximum atomic E-state index is 5.96. The van der Waals surface area contributed by atoms with E-state index in [0.29, 0.717) is 28.2 Å². The molecule has 6 nitrogen and oxygen atoms in total. The normalized spacial score (nSPS) is 10.5. The van der Waals surface area contributed by atoms with Crippen LogP contribution in [-0.2, 0) is 13.6 Å². The predicted molar refractivity (Wildman–Crippen MR) is 67.0 cm³/mol. The minimum atomic E-state index is 0.229. The number of nitrogens with two attached hydrogens (primary N) is 1. The first-order chi connectivity index (χ1) is 8.06. The zero-order valence-corrected chi connectivity index (χ0v) is 10.5. The van der Waals surface area contributed by atoms with Crippen molar-refractivity contribution in [2.75, 3.05) is 11.1 Å². The molecule has 90 valence electrons. The second-order valence-electron chi connectivity index (χ2n) is 3.37. The van der Waals surface area contributed by atoms with E-state index >= 15 is 0 Å². The molecule has 0 fully saturated rings. The van der Waals surface area contributed by atoms with Crippen LogP contribution in [0.2, 0.25) is 10.0 Å². The molecule has 0 amide bonds. The molecule has 0 radical (unpaired) electrons. The largest absolute Gasteiger partial charge is 0.382 e. The molecular weight excluding hydrogens is 263 g/mol. The number of pyridine rings is 1. The molecule has 0 atom stereocenters. The number of hydrogen-bond acceptors (Lipinski definition) is 5. The lowest BCUT2D eigenvalue weighted by Crippen LogP contribution is -2.05. The Labute approximate surface area is 108 Å². The van der Waals surface area contributed by atoms with Gasteiger partial charge in [0.25, 0.3) is 0 Å². The third-order valence-electron chi connectivity index (χ3n) is 2.02. The minimum Gasteiger partial charge on any atom is -0.382 e. The fourth-order valence-electron chi connectivity index (χ4n) is 1.23. The summed E-state index contributed by atoms with van der Waals surface area (Å²) < 4.78 is 1.61. The Morgan fingerprint density at radius 3 is 2.82 bits per heavy atom. The third kappa shape index (κ3) is 2.78. The van der Waals surface area contributed by atoms with Crippen LogP contribution in [-0.4, -0.2) is 19.7 Å². The van der Waals surface area contributed by atoms with Gasteiger partial charge in [-0.05, 0) is 6.07 Å². The zero-order valence-electron chi connectivity index (χ0n) is 8.98. The van der Waals surface area contributed by atoms with Gasteiger partial charge in [-0.2, -0.15) is 5.10 Å². The standard InChI is InChI=1S/C9H10Cl2N6/c1-17-4-14-7(16-17)3-13-9-6(11)2-5(10)8(12)15-9/h2,4H,3H2,1H3,(H3,12,13,15). The quantitative estimate of drug-likeness (QED) is 0.889. The van der Waals surface area contributed by atoms with Crippen molar-refractivity contribution in [3.63, 3.8) is 0 Å². The maximum Gasteiger partial charge on any atom is 0.169 e. The number of aromatic nitrogens is 4. The van der Waals surface area contributed by atoms with Crippen molar-refractivity contribution in [2.45, 2.75) is 6.54 Å². The molecular formula is C9H10Cl2N6. The molecule has 0 unspecified atom stereocenters. The number of halogens is 2. The average Bonchev–Trinajstić information content (AvgIpc) is 2.68. The molecule has 2 aromatic heterocycles. The molecule has 17 heavy (non-hydrogen) atoms. The lowest BCUT2D eigenvalue weighted by Gasteiger charge is -2.07. The summed E-state index contributed by atoms with van der Waals surface area (Å²) in [4.78, 5) is 8.10. The highest BCUT2D eigenvalue weighted by Gasteiger charge is 2.07. The monoisotopic (exact) mass is 272 g/mol. The summed E-state index contributed by atoms with van der Waals surface area (Å²) in [5.41, 5.74) is 5.59. The maximum absolute atomic E-state index is 5.96. The van der Waals surface area contributed by atoms with Crippen LogP contribution in [0.15, 0.2) is 12.4 Å². The minimum absolute atomic E-state index is 0.229. The molecule has 0 bridgehead atoms. The van der Waals surface area contributed by atoms with E-state index in [2.05, 4.69) is 20.4 Å². The van der Waals surface area contributed by atoms with Crippen molar-refractivity contribution in [3.8, 4) is 0 Å². The summed E-state index contributed by atoms with van der Waals surface area (Å²) >= 11 is 11.7. The Bertz CT molecular complexity index is 538. The molecule has 8 heteroatoms. The van der Waals surface area contributed by atoms with Gasteiger partial charge in [-0.25, -0.2) is 9.97 Å². The number of nitrogens with zero attached hydrogens (tertiary/aromatic N) is 4. The summed E-state index contributed by atoms with van der Waals surface area (Å²) in [6.07, 6.45) is 1.61. The highest BCUT2D eigenvalue weighted by atomic mass is 35.5. The van der Waals surface area contributed by atoms with Crippen LogP contribution < -0.4 is 11.1 Å². The van der Waals surface area contributed by atoms with Crippen LogP contribution in [0.1, 0.15) is 5.82 Å². The van der Waals surface area contributed by atoms with Gasteiger partial charge in [0.15, 0.2) is 5.82 Å². The first-order valence-corrected chi connectivity index (χ1v) is 5.52. The molecule has 0 saturated heterocycles. The van der Waals surface area contributed by atoms with E-state index in [4.69, 9.17) is 28.9 Å². The van der Waals surface area contributed by atoms with Crippen LogP contribution in [0.25, 0.3) is 0 Å². The Balaban J connectivity index is 2.11. The lowest BCUT2D eigenvalue weighted by atomic mass is 10.4. The topological polar surface area (TPSA) is 81.7 Å². The molecule has 2 rings (SSSR count). The summed E-state index contributed by atoms with van der Waals surface area (Å²) in [5.74, 6) is 1.33. The van der Waals surface area contributed by atoms with E-state index in [1.807, 2.05) is 0 Å². The van der Waals surface area contributed by atoms with Gasteiger partial charge in [0.2, 0.25) is 0 Å².